The van der Waals surface area contributed by atoms with E-state index in [0.717, 1.165) is 26.2 Å². The molecule has 3 rings (SSSR count). The van der Waals surface area contributed by atoms with Gasteiger partial charge in [0.2, 0.25) is 0 Å². The standard InChI is InChI=1S/C26H37N3/c1-3-5-18-28(19-6-4-2)29-22-20-27(21-23-29)26-16-14-25(15-17-26)13-12-24-10-8-7-9-11-24/h7-17H,3-6,18-23H2,1-2H3. The van der Waals surface area contributed by atoms with Crippen LogP contribution >= 0.6 is 0 Å². The molecule has 2 aromatic carbocycles. The van der Waals surface area contributed by atoms with E-state index in [9.17, 15) is 0 Å². The van der Waals surface area contributed by atoms with Gasteiger partial charge in [0, 0.05) is 45.0 Å². The molecule has 2 aromatic rings. The third kappa shape index (κ3) is 6.73. The van der Waals surface area contributed by atoms with Crippen LogP contribution in [0, 0.1) is 0 Å². The Kier molecular flexibility index (Phi) is 8.79. The van der Waals surface area contributed by atoms with E-state index in [4.69, 9.17) is 0 Å². The fraction of sp³-hybridized carbons (Fsp3) is 0.462. The van der Waals surface area contributed by atoms with Crippen molar-refractivity contribution in [3.63, 3.8) is 0 Å². The van der Waals surface area contributed by atoms with E-state index < -0.39 is 0 Å². The Hall–Kier alpha value is -2.10. The first-order valence-corrected chi connectivity index (χ1v) is 11.4. The second-order valence-electron chi connectivity index (χ2n) is 7.94. The SMILES string of the molecule is CCCCN(CCCC)N1CCN(c2ccc(C=Cc3ccccc3)cc2)CC1. The number of piperazine rings is 1. The highest BCUT2D eigenvalue weighted by molar-refractivity contribution is 5.70. The summed E-state index contributed by atoms with van der Waals surface area (Å²) >= 11 is 0. The fourth-order valence-electron chi connectivity index (χ4n) is 3.87. The fourth-order valence-corrected chi connectivity index (χ4v) is 3.87. The maximum absolute atomic E-state index is 2.61. The van der Waals surface area contributed by atoms with Crippen molar-refractivity contribution in [2.45, 2.75) is 39.5 Å². The largest absolute Gasteiger partial charge is 0.369 e. The minimum Gasteiger partial charge on any atom is -0.369 e. The first-order valence-electron chi connectivity index (χ1n) is 11.4. The minimum absolute atomic E-state index is 1.11. The molecule has 0 unspecified atom stereocenters. The van der Waals surface area contributed by atoms with E-state index in [1.807, 2.05) is 0 Å². The molecular weight excluding hydrogens is 354 g/mol. The lowest BCUT2D eigenvalue weighted by molar-refractivity contribution is -0.0313. The predicted octanol–water partition coefficient (Wildman–Crippen LogP) is 5.80. The molecule has 3 nitrogen and oxygen atoms in total. The van der Waals surface area contributed by atoms with Crippen LogP contribution in [0.3, 0.4) is 0 Å². The minimum atomic E-state index is 1.11. The summed E-state index contributed by atoms with van der Waals surface area (Å²) in [6.45, 7) is 11.5. The molecule has 1 fully saturated rings. The van der Waals surface area contributed by atoms with Gasteiger partial charge in [0.25, 0.3) is 0 Å². The molecule has 0 bridgehead atoms. The van der Waals surface area contributed by atoms with E-state index in [2.05, 4.69) is 95.5 Å². The summed E-state index contributed by atoms with van der Waals surface area (Å²) in [6.07, 6.45) is 9.50. The number of nitrogens with zero attached hydrogens (tertiary/aromatic N) is 3. The number of rotatable bonds is 10. The monoisotopic (exact) mass is 391 g/mol. The number of unbranched alkanes of at least 4 members (excludes halogenated alkanes) is 2. The van der Waals surface area contributed by atoms with Gasteiger partial charge in [0.15, 0.2) is 0 Å². The first-order chi connectivity index (χ1) is 14.3. The number of benzene rings is 2. The van der Waals surface area contributed by atoms with Crippen molar-refractivity contribution in [3.05, 3.63) is 65.7 Å². The smallest absolute Gasteiger partial charge is 0.0367 e. The number of hydrogen-bond acceptors (Lipinski definition) is 3. The Morgan fingerprint density at radius 2 is 1.28 bits per heavy atom. The topological polar surface area (TPSA) is 9.72 Å². The van der Waals surface area contributed by atoms with Gasteiger partial charge in [-0.1, -0.05) is 81.3 Å². The predicted molar refractivity (Wildman–Crippen MR) is 127 cm³/mol. The van der Waals surface area contributed by atoms with Crippen molar-refractivity contribution in [2.24, 2.45) is 0 Å². The molecule has 0 radical (unpaired) electrons. The Labute approximate surface area is 177 Å². The molecule has 1 heterocycles. The maximum atomic E-state index is 2.61. The third-order valence-electron chi connectivity index (χ3n) is 5.72. The van der Waals surface area contributed by atoms with Gasteiger partial charge in [-0.15, -0.1) is 0 Å². The van der Waals surface area contributed by atoms with Crippen molar-refractivity contribution < 1.29 is 0 Å². The average Bonchev–Trinajstić information content (AvgIpc) is 2.79. The van der Waals surface area contributed by atoms with Crippen molar-refractivity contribution in [2.75, 3.05) is 44.2 Å². The zero-order valence-corrected chi connectivity index (χ0v) is 18.3. The molecule has 1 aliphatic heterocycles. The molecule has 0 atom stereocenters. The van der Waals surface area contributed by atoms with Crippen LogP contribution in [-0.2, 0) is 0 Å². The zero-order chi connectivity index (χ0) is 20.3. The summed E-state index contributed by atoms with van der Waals surface area (Å²) in [5, 5.41) is 5.21. The summed E-state index contributed by atoms with van der Waals surface area (Å²) in [6, 6.07) is 19.5. The Morgan fingerprint density at radius 3 is 1.83 bits per heavy atom. The summed E-state index contributed by atoms with van der Waals surface area (Å²) in [5.41, 5.74) is 3.83. The van der Waals surface area contributed by atoms with Gasteiger partial charge in [-0.05, 0) is 36.1 Å². The van der Waals surface area contributed by atoms with Crippen LogP contribution in [0.25, 0.3) is 12.2 Å². The molecule has 1 aliphatic rings. The van der Waals surface area contributed by atoms with Crippen molar-refractivity contribution in [1.29, 1.82) is 0 Å². The second kappa shape index (κ2) is 11.8. The third-order valence-corrected chi connectivity index (χ3v) is 5.72. The molecule has 0 aromatic heterocycles. The highest BCUT2D eigenvalue weighted by Gasteiger charge is 2.21. The Morgan fingerprint density at radius 1 is 0.724 bits per heavy atom. The lowest BCUT2D eigenvalue weighted by Gasteiger charge is -2.42. The van der Waals surface area contributed by atoms with Gasteiger partial charge in [-0.2, -0.15) is 0 Å². The van der Waals surface area contributed by atoms with E-state index in [-0.39, 0.29) is 0 Å². The lowest BCUT2D eigenvalue weighted by atomic mass is 10.1. The molecule has 156 valence electrons. The Balaban J connectivity index is 1.52. The Bertz CT molecular complexity index is 707. The summed E-state index contributed by atoms with van der Waals surface area (Å²) in [7, 11) is 0. The second-order valence-corrected chi connectivity index (χ2v) is 7.94. The molecule has 0 amide bonds. The molecule has 0 spiro atoms. The van der Waals surface area contributed by atoms with E-state index >= 15 is 0 Å². The molecule has 29 heavy (non-hydrogen) atoms. The molecule has 1 saturated heterocycles. The highest BCUT2D eigenvalue weighted by Crippen LogP contribution is 2.19. The molecule has 3 heteroatoms. The molecular formula is C26H37N3. The van der Waals surface area contributed by atoms with Gasteiger partial charge in [-0.3, -0.25) is 0 Å². The zero-order valence-electron chi connectivity index (χ0n) is 18.3. The van der Waals surface area contributed by atoms with Crippen LogP contribution in [0.15, 0.2) is 54.6 Å². The quantitative estimate of drug-likeness (QED) is 0.474. The summed E-state index contributed by atoms with van der Waals surface area (Å²) in [5.74, 6) is 0. The van der Waals surface area contributed by atoms with E-state index in [1.54, 1.807) is 0 Å². The van der Waals surface area contributed by atoms with Gasteiger partial charge >= 0.3 is 0 Å². The van der Waals surface area contributed by atoms with E-state index in [0.29, 0.717) is 0 Å². The van der Waals surface area contributed by atoms with Crippen LogP contribution in [0.2, 0.25) is 0 Å². The van der Waals surface area contributed by atoms with Gasteiger partial charge < -0.3 is 4.90 Å². The molecule has 0 N–H and O–H groups in total. The van der Waals surface area contributed by atoms with E-state index in [1.165, 1.54) is 55.6 Å². The van der Waals surface area contributed by atoms with Gasteiger partial charge in [0.05, 0.1) is 0 Å². The number of hydrogen-bond donors (Lipinski definition) is 0. The normalized spacial score (nSPS) is 15.5. The van der Waals surface area contributed by atoms with Crippen LogP contribution in [-0.4, -0.2) is 49.3 Å². The summed E-state index contributed by atoms with van der Waals surface area (Å²) in [4.78, 5) is 2.53. The molecule has 0 aliphatic carbocycles. The van der Waals surface area contributed by atoms with Crippen LogP contribution in [0.4, 0.5) is 5.69 Å². The van der Waals surface area contributed by atoms with Crippen molar-refractivity contribution >= 4 is 17.8 Å². The highest BCUT2D eigenvalue weighted by atomic mass is 15.6. The van der Waals surface area contributed by atoms with Crippen molar-refractivity contribution in [1.82, 2.24) is 10.0 Å². The lowest BCUT2D eigenvalue weighted by Crippen LogP contribution is -2.54. The first kappa shape index (κ1) is 21.6. The average molecular weight is 392 g/mol. The van der Waals surface area contributed by atoms with Gasteiger partial charge in [-0.25, -0.2) is 10.0 Å². The maximum Gasteiger partial charge on any atom is 0.0367 e. The van der Waals surface area contributed by atoms with Crippen LogP contribution < -0.4 is 4.90 Å². The summed E-state index contributed by atoms with van der Waals surface area (Å²) < 4.78 is 0. The number of anilines is 1. The van der Waals surface area contributed by atoms with Gasteiger partial charge in [0.1, 0.15) is 0 Å². The number of hydrazine groups is 1. The molecule has 0 saturated carbocycles. The van der Waals surface area contributed by atoms with Crippen molar-refractivity contribution in [3.8, 4) is 0 Å². The van der Waals surface area contributed by atoms with Crippen LogP contribution in [0.1, 0.15) is 50.7 Å². The van der Waals surface area contributed by atoms with Crippen LogP contribution in [0.5, 0.6) is 0 Å².